The van der Waals surface area contributed by atoms with E-state index in [-0.39, 0.29) is 18.1 Å². The molecule has 3 aromatic rings. The number of nitrogens with zero attached hydrogens (tertiary/aromatic N) is 4. The van der Waals surface area contributed by atoms with Crippen molar-refractivity contribution in [2.45, 2.75) is 24.9 Å². The molecule has 0 amide bonds. The summed E-state index contributed by atoms with van der Waals surface area (Å²) in [5.74, 6) is 1.85. The van der Waals surface area contributed by atoms with Crippen LogP contribution in [0.2, 0.25) is 5.02 Å². The summed E-state index contributed by atoms with van der Waals surface area (Å²) >= 11 is 6.66. The van der Waals surface area contributed by atoms with Gasteiger partial charge < -0.3 is 30.1 Å². The Hall–Kier alpha value is -3.14. The van der Waals surface area contributed by atoms with Crippen LogP contribution in [-0.4, -0.2) is 66.6 Å². The van der Waals surface area contributed by atoms with Crippen molar-refractivity contribution in [3.05, 3.63) is 47.2 Å². The summed E-state index contributed by atoms with van der Waals surface area (Å²) in [5, 5.41) is 17.0. The van der Waals surface area contributed by atoms with Crippen LogP contribution in [-0.2, 0) is 10.2 Å². The quantitative estimate of drug-likeness (QED) is 0.450. The first kappa shape index (κ1) is 23.6. The summed E-state index contributed by atoms with van der Waals surface area (Å²) in [6.07, 6.45) is 4.63. The van der Waals surface area contributed by atoms with Gasteiger partial charge in [-0.2, -0.15) is 0 Å². The molecule has 2 aliphatic heterocycles. The van der Waals surface area contributed by atoms with Gasteiger partial charge in [-0.1, -0.05) is 18.5 Å². The number of methoxy groups -OCH3 is 2. The van der Waals surface area contributed by atoms with Gasteiger partial charge in [0.15, 0.2) is 0 Å². The summed E-state index contributed by atoms with van der Waals surface area (Å²) < 4.78 is 11.1. The van der Waals surface area contributed by atoms with Crippen LogP contribution in [0.3, 0.4) is 0 Å². The molecule has 1 aromatic carbocycles. The molecule has 2 unspecified atom stereocenters. The Bertz CT molecular complexity index is 1240. The molecule has 10 heteroatoms. The number of aromatic nitrogens is 3. The largest absolute Gasteiger partial charge is 0.494 e. The van der Waals surface area contributed by atoms with Gasteiger partial charge in [0.25, 0.3) is 0 Å². The molecule has 9 nitrogen and oxygen atoms in total. The number of anilines is 4. The highest BCUT2D eigenvalue weighted by molar-refractivity contribution is 6.33. The number of hydrogen-bond donors (Lipinski definition) is 3. The van der Waals surface area contributed by atoms with Crippen LogP contribution >= 0.6 is 11.6 Å². The maximum absolute atomic E-state index is 9.89. The maximum atomic E-state index is 9.89. The van der Waals surface area contributed by atoms with Crippen molar-refractivity contribution in [1.29, 1.82) is 0 Å². The van der Waals surface area contributed by atoms with E-state index in [1.807, 2.05) is 31.2 Å². The number of aliphatic hydroxyl groups is 1. The fourth-order valence-corrected chi connectivity index (χ4v) is 4.90. The first-order valence-electron chi connectivity index (χ1n) is 11.5. The maximum Gasteiger partial charge on any atom is 0.227 e. The fraction of sp³-hybridized carbons (Fsp3) is 0.400. The summed E-state index contributed by atoms with van der Waals surface area (Å²) in [6.45, 7) is 4.36. The van der Waals surface area contributed by atoms with Crippen molar-refractivity contribution >= 4 is 34.7 Å². The Labute approximate surface area is 209 Å². The van der Waals surface area contributed by atoms with Gasteiger partial charge in [0, 0.05) is 61.7 Å². The Morgan fingerprint density at radius 1 is 1.29 bits per heavy atom. The van der Waals surface area contributed by atoms with Crippen LogP contribution in [0.25, 0.3) is 11.3 Å². The van der Waals surface area contributed by atoms with Crippen LogP contribution in [0.1, 0.15) is 18.9 Å². The normalized spacial score (nSPS) is 21.1. The lowest BCUT2D eigenvalue weighted by Gasteiger charge is -2.22. The van der Waals surface area contributed by atoms with Crippen molar-refractivity contribution in [2.24, 2.45) is 0 Å². The highest BCUT2D eigenvalue weighted by Gasteiger charge is 2.35. The Kier molecular flexibility index (Phi) is 6.39. The zero-order valence-electron chi connectivity index (χ0n) is 20.0. The van der Waals surface area contributed by atoms with Gasteiger partial charge in [-0.05, 0) is 24.6 Å². The van der Waals surface area contributed by atoms with Gasteiger partial charge in [0.05, 0.1) is 41.9 Å². The zero-order chi connectivity index (χ0) is 24.6. The molecule has 3 N–H and O–H groups in total. The predicted molar refractivity (Wildman–Crippen MR) is 137 cm³/mol. The van der Waals surface area contributed by atoms with Crippen LogP contribution in [0.5, 0.6) is 5.75 Å². The molecule has 5 rings (SSSR count). The number of fused-ring (bicyclic) bond motifs is 1. The Morgan fingerprint density at radius 3 is 2.89 bits per heavy atom. The first-order valence-corrected chi connectivity index (χ1v) is 11.9. The lowest BCUT2D eigenvalue weighted by molar-refractivity contribution is 0.121. The summed E-state index contributed by atoms with van der Waals surface area (Å²) in [5.41, 5.74) is 3.75. The van der Waals surface area contributed by atoms with Crippen molar-refractivity contribution in [3.63, 3.8) is 0 Å². The lowest BCUT2D eigenvalue weighted by atomic mass is 9.85. The Morgan fingerprint density at radius 2 is 2.14 bits per heavy atom. The molecule has 4 heterocycles. The molecule has 0 radical (unpaired) electrons. The third-order valence-corrected chi connectivity index (χ3v) is 7.12. The van der Waals surface area contributed by atoms with E-state index in [1.165, 1.54) is 0 Å². The second-order valence-electron chi connectivity index (χ2n) is 9.18. The highest BCUT2D eigenvalue weighted by Crippen LogP contribution is 2.40. The van der Waals surface area contributed by atoms with Gasteiger partial charge in [0.2, 0.25) is 5.95 Å². The van der Waals surface area contributed by atoms with Crippen LogP contribution in [0, 0.1) is 0 Å². The molecule has 0 aliphatic carbocycles. The van der Waals surface area contributed by atoms with E-state index < -0.39 is 0 Å². The molecule has 1 fully saturated rings. The van der Waals surface area contributed by atoms with E-state index in [4.69, 9.17) is 26.1 Å². The molecule has 2 aromatic heterocycles. The number of ether oxygens (including phenoxy) is 2. The molecular weight excluding hydrogens is 468 g/mol. The van der Waals surface area contributed by atoms with Crippen molar-refractivity contribution in [2.75, 3.05) is 56.0 Å². The Balaban J connectivity index is 1.41. The minimum Gasteiger partial charge on any atom is -0.494 e. The number of halogens is 1. The molecule has 1 saturated heterocycles. The van der Waals surface area contributed by atoms with E-state index >= 15 is 0 Å². The van der Waals surface area contributed by atoms with Gasteiger partial charge in [-0.25, -0.2) is 15.0 Å². The average molecular weight is 497 g/mol. The third-order valence-electron chi connectivity index (χ3n) is 6.82. The van der Waals surface area contributed by atoms with Crippen molar-refractivity contribution in [1.82, 2.24) is 15.0 Å². The second kappa shape index (κ2) is 9.49. The van der Waals surface area contributed by atoms with Crippen LogP contribution < -0.4 is 20.3 Å². The minimum absolute atomic E-state index is 0.0365. The topological polar surface area (TPSA) is 105 Å². The first-order chi connectivity index (χ1) is 16.9. The molecule has 0 saturated carbocycles. The van der Waals surface area contributed by atoms with Gasteiger partial charge in [-0.15, -0.1) is 0 Å². The van der Waals surface area contributed by atoms with Crippen LogP contribution in [0.15, 0.2) is 36.7 Å². The number of benzene rings is 1. The minimum atomic E-state index is -0.378. The van der Waals surface area contributed by atoms with Crippen molar-refractivity contribution in [3.8, 4) is 17.0 Å². The predicted octanol–water partition coefficient (Wildman–Crippen LogP) is 3.84. The molecule has 0 bridgehead atoms. The molecule has 35 heavy (non-hydrogen) atoms. The molecular formula is C25H29ClN6O3. The molecule has 0 spiro atoms. The number of pyridine rings is 1. The SMILES string of the molecule is COc1cc(N2CCC(OC)C2)c(Cl)cc1Nc1nccc(-c2cnc3c(c2)C(C)(CO)CN3)n1. The highest BCUT2D eigenvalue weighted by atomic mass is 35.5. The zero-order valence-corrected chi connectivity index (χ0v) is 20.8. The summed E-state index contributed by atoms with van der Waals surface area (Å²) in [6, 6.07) is 7.63. The standard InChI is InChI=1S/C25H29ClN6O3/c1-25(14-33)13-29-23-17(25)8-15(11-28-23)19-4-6-27-24(30-19)31-20-9-18(26)21(10-22(20)35-3)32-7-5-16(12-32)34-2/h4,6,8-11,16,33H,5,7,12-14H2,1-3H3,(H,28,29)(H,27,30,31). The second-order valence-corrected chi connectivity index (χ2v) is 9.59. The van der Waals surface area contributed by atoms with E-state index in [0.717, 1.165) is 42.1 Å². The fourth-order valence-electron chi connectivity index (χ4n) is 4.61. The average Bonchev–Trinajstić information content (AvgIpc) is 3.49. The van der Waals surface area contributed by atoms with E-state index in [1.54, 1.807) is 26.6 Å². The lowest BCUT2D eigenvalue weighted by Crippen LogP contribution is -2.28. The van der Waals surface area contributed by atoms with Gasteiger partial charge in [0.1, 0.15) is 11.6 Å². The molecule has 2 aliphatic rings. The summed E-state index contributed by atoms with van der Waals surface area (Å²) in [4.78, 5) is 15.8. The smallest absolute Gasteiger partial charge is 0.227 e. The third kappa shape index (κ3) is 4.47. The van der Waals surface area contributed by atoms with E-state index in [0.29, 0.717) is 34.6 Å². The molecule has 2 atom stereocenters. The van der Waals surface area contributed by atoms with Crippen LogP contribution in [0.4, 0.5) is 23.1 Å². The van der Waals surface area contributed by atoms with E-state index in [2.05, 4.69) is 25.5 Å². The monoisotopic (exact) mass is 496 g/mol. The summed E-state index contributed by atoms with van der Waals surface area (Å²) in [7, 11) is 3.36. The van der Waals surface area contributed by atoms with Gasteiger partial charge >= 0.3 is 0 Å². The van der Waals surface area contributed by atoms with Gasteiger partial charge in [-0.3, -0.25) is 0 Å². The number of rotatable bonds is 7. The number of nitrogens with one attached hydrogen (secondary N) is 2. The van der Waals surface area contributed by atoms with E-state index in [9.17, 15) is 5.11 Å². The molecule has 184 valence electrons. The number of hydrogen-bond acceptors (Lipinski definition) is 9. The number of aliphatic hydroxyl groups excluding tert-OH is 1. The van der Waals surface area contributed by atoms with Crippen molar-refractivity contribution < 1.29 is 14.6 Å².